The van der Waals surface area contributed by atoms with Gasteiger partial charge in [0.15, 0.2) is 5.13 Å². The normalized spacial score (nSPS) is 11.7. The largest absolute Gasteiger partial charge is 0.298 e. The van der Waals surface area contributed by atoms with Gasteiger partial charge in [0.2, 0.25) is 10.0 Å². The number of halogens is 1. The summed E-state index contributed by atoms with van der Waals surface area (Å²) < 4.78 is 40.2. The molecule has 1 aromatic heterocycles. The molecule has 0 aliphatic heterocycles. The number of anilines is 1. The van der Waals surface area contributed by atoms with Gasteiger partial charge < -0.3 is 0 Å². The monoisotopic (exact) mass is 371 g/mol. The fraction of sp³-hybridized carbons (Fsp3) is 0.333. The van der Waals surface area contributed by atoms with Crippen LogP contribution in [0.1, 0.15) is 29.9 Å². The van der Waals surface area contributed by atoms with Gasteiger partial charge in [-0.05, 0) is 25.1 Å². The van der Waals surface area contributed by atoms with Gasteiger partial charge in [-0.25, -0.2) is 17.8 Å². The van der Waals surface area contributed by atoms with Crippen molar-refractivity contribution in [2.24, 2.45) is 0 Å². The minimum Gasteiger partial charge on any atom is -0.298 e. The lowest BCUT2D eigenvalue weighted by Crippen LogP contribution is -2.31. The third kappa shape index (κ3) is 3.80. The predicted molar refractivity (Wildman–Crippen MR) is 91.3 cm³/mol. The second-order valence-corrected chi connectivity index (χ2v) is 7.75. The number of nitrogens with zero attached hydrogens (tertiary/aromatic N) is 2. The molecule has 1 N–H and O–H groups in total. The second-order valence-electron chi connectivity index (χ2n) is 4.98. The first-order chi connectivity index (χ1) is 11.3. The molecule has 0 saturated heterocycles. The number of benzene rings is 1. The molecule has 0 radical (unpaired) electrons. The van der Waals surface area contributed by atoms with E-state index >= 15 is 0 Å². The zero-order valence-electron chi connectivity index (χ0n) is 13.5. The highest BCUT2D eigenvalue weighted by atomic mass is 32.2. The van der Waals surface area contributed by atoms with Crippen LogP contribution in [0.15, 0.2) is 28.5 Å². The van der Waals surface area contributed by atoms with Crippen molar-refractivity contribution in [1.82, 2.24) is 9.29 Å². The number of hydrogen-bond acceptors (Lipinski definition) is 5. The average molecular weight is 371 g/mol. The summed E-state index contributed by atoms with van der Waals surface area (Å²) in [5.41, 5.74) is 0.814. The number of hydrogen-bond donors (Lipinski definition) is 1. The van der Waals surface area contributed by atoms with Gasteiger partial charge >= 0.3 is 0 Å². The lowest BCUT2D eigenvalue weighted by molar-refractivity contribution is 0.102. The van der Waals surface area contributed by atoms with Crippen molar-refractivity contribution >= 4 is 32.4 Å². The van der Waals surface area contributed by atoms with Crippen LogP contribution in [0.3, 0.4) is 0 Å². The summed E-state index contributed by atoms with van der Waals surface area (Å²) in [7, 11) is -3.99. The average Bonchev–Trinajstić information content (AvgIpc) is 2.93. The van der Waals surface area contributed by atoms with E-state index < -0.39 is 26.6 Å². The maximum atomic E-state index is 14.0. The van der Waals surface area contributed by atoms with Crippen molar-refractivity contribution < 1.29 is 17.6 Å². The lowest BCUT2D eigenvalue weighted by Gasteiger charge is -2.19. The Hall–Kier alpha value is -1.84. The minimum absolute atomic E-state index is 0.0509. The van der Waals surface area contributed by atoms with E-state index in [0.29, 0.717) is 5.13 Å². The molecule has 24 heavy (non-hydrogen) atoms. The number of carbonyl (C=O) groups is 1. The summed E-state index contributed by atoms with van der Waals surface area (Å²) in [5.74, 6) is -1.43. The number of aromatic nitrogens is 1. The van der Waals surface area contributed by atoms with Crippen molar-refractivity contribution in [3.63, 3.8) is 0 Å². The van der Waals surface area contributed by atoms with Crippen molar-refractivity contribution in [3.05, 3.63) is 40.7 Å². The number of amides is 1. The molecule has 0 saturated carbocycles. The van der Waals surface area contributed by atoms with Crippen LogP contribution in [0.2, 0.25) is 0 Å². The number of sulfonamides is 1. The van der Waals surface area contributed by atoms with Gasteiger partial charge in [0.05, 0.1) is 5.69 Å². The molecule has 0 aliphatic carbocycles. The summed E-state index contributed by atoms with van der Waals surface area (Å²) in [6.45, 7) is 5.56. The van der Waals surface area contributed by atoms with E-state index in [4.69, 9.17) is 0 Å². The highest BCUT2D eigenvalue weighted by Crippen LogP contribution is 2.22. The Morgan fingerprint density at radius 1 is 1.33 bits per heavy atom. The molecule has 0 aliphatic rings. The third-order valence-electron chi connectivity index (χ3n) is 3.36. The van der Waals surface area contributed by atoms with Crippen LogP contribution in [0.25, 0.3) is 0 Å². The Balaban J connectivity index is 2.36. The minimum atomic E-state index is -3.99. The Kier molecular flexibility index (Phi) is 5.68. The first-order valence-electron chi connectivity index (χ1n) is 7.32. The molecular formula is C15H18FN3O3S2. The molecule has 6 nitrogen and oxygen atoms in total. The zero-order chi connectivity index (χ0) is 17.9. The van der Waals surface area contributed by atoms with Crippen molar-refractivity contribution in [3.8, 4) is 0 Å². The number of rotatable bonds is 6. The standard InChI is InChI=1S/C15H18FN3O3S2/c1-4-19(5-2)24(21,22)13-8-11(6-7-12(13)16)14(20)18-15-17-10(3)9-23-15/h6-9H,4-5H2,1-3H3,(H,17,18,20). The van der Waals surface area contributed by atoms with Crippen LogP contribution in [0, 0.1) is 12.7 Å². The molecule has 130 valence electrons. The van der Waals surface area contributed by atoms with E-state index in [1.165, 1.54) is 17.4 Å². The second kappa shape index (κ2) is 7.37. The van der Waals surface area contributed by atoms with Crippen LogP contribution in [0.5, 0.6) is 0 Å². The number of carbonyl (C=O) groups excluding carboxylic acids is 1. The van der Waals surface area contributed by atoms with E-state index in [-0.39, 0.29) is 18.7 Å². The SMILES string of the molecule is CCN(CC)S(=O)(=O)c1cc(C(=O)Nc2nc(C)cs2)ccc1F. The van der Waals surface area contributed by atoms with Gasteiger partial charge in [-0.2, -0.15) is 4.31 Å². The number of aryl methyl sites for hydroxylation is 1. The van der Waals surface area contributed by atoms with Gasteiger partial charge in [0.25, 0.3) is 5.91 Å². The van der Waals surface area contributed by atoms with Crippen LogP contribution >= 0.6 is 11.3 Å². The first-order valence-corrected chi connectivity index (χ1v) is 9.64. The Bertz CT molecular complexity index is 845. The highest BCUT2D eigenvalue weighted by Gasteiger charge is 2.26. The summed E-state index contributed by atoms with van der Waals surface area (Å²) in [6, 6.07) is 3.28. The van der Waals surface area contributed by atoms with Crippen LogP contribution in [0.4, 0.5) is 9.52 Å². The maximum Gasteiger partial charge on any atom is 0.257 e. The summed E-state index contributed by atoms with van der Waals surface area (Å²) in [4.78, 5) is 15.8. The number of nitrogens with one attached hydrogen (secondary N) is 1. The Morgan fingerprint density at radius 2 is 2.00 bits per heavy atom. The summed E-state index contributed by atoms with van der Waals surface area (Å²) >= 11 is 1.25. The first kappa shape index (κ1) is 18.5. The smallest absolute Gasteiger partial charge is 0.257 e. The van der Waals surface area contributed by atoms with Crippen LogP contribution < -0.4 is 5.32 Å². The summed E-state index contributed by atoms with van der Waals surface area (Å²) in [6.07, 6.45) is 0. The van der Waals surface area contributed by atoms with Crippen molar-refractivity contribution in [1.29, 1.82) is 0 Å². The van der Waals surface area contributed by atoms with Crippen molar-refractivity contribution in [2.75, 3.05) is 18.4 Å². The zero-order valence-corrected chi connectivity index (χ0v) is 15.2. The molecule has 0 spiro atoms. The molecule has 0 fully saturated rings. The molecule has 0 bridgehead atoms. The molecule has 0 unspecified atom stereocenters. The van der Waals surface area contributed by atoms with E-state index in [1.54, 1.807) is 26.2 Å². The molecule has 0 atom stereocenters. The van der Waals surface area contributed by atoms with Gasteiger partial charge in [0, 0.05) is 24.0 Å². The fourth-order valence-electron chi connectivity index (χ4n) is 2.13. The van der Waals surface area contributed by atoms with Gasteiger partial charge in [-0.3, -0.25) is 10.1 Å². The van der Waals surface area contributed by atoms with E-state index in [0.717, 1.165) is 22.1 Å². The molecule has 1 aromatic carbocycles. The highest BCUT2D eigenvalue weighted by molar-refractivity contribution is 7.89. The Morgan fingerprint density at radius 3 is 2.54 bits per heavy atom. The van der Waals surface area contributed by atoms with E-state index in [1.807, 2.05) is 0 Å². The topological polar surface area (TPSA) is 79.4 Å². The maximum absolute atomic E-state index is 14.0. The van der Waals surface area contributed by atoms with Gasteiger partial charge in [-0.1, -0.05) is 13.8 Å². The molecule has 1 amide bonds. The fourth-order valence-corrected chi connectivity index (χ4v) is 4.36. The van der Waals surface area contributed by atoms with Crippen LogP contribution in [-0.4, -0.2) is 36.7 Å². The molecule has 1 heterocycles. The van der Waals surface area contributed by atoms with E-state index in [2.05, 4.69) is 10.3 Å². The summed E-state index contributed by atoms with van der Waals surface area (Å²) in [5, 5.41) is 4.74. The molecular weight excluding hydrogens is 353 g/mol. The van der Waals surface area contributed by atoms with Gasteiger partial charge in [-0.15, -0.1) is 11.3 Å². The van der Waals surface area contributed by atoms with Gasteiger partial charge in [0.1, 0.15) is 10.7 Å². The quantitative estimate of drug-likeness (QED) is 0.847. The van der Waals surface area contributed by atoms with Crippen molar-refractivity contribution in [2.45, 2.75) is 25.7 Å². The third-order valence-corrected chi connectivity index (χ3v) is 6.30. The predicted octanol–water partition coefficient (Wildman–Crippen LogP) is 2.87. The van der Waals surface area contributed by atoms with E-state index in [9.17, 15) is 17.6 Å². The molecule has 9 heteroatoms. The molecule has 2 aromatic rings. The lowest BCUT2D eigenvalue weighted by atomic mass is 10.2. The van der Waals surface area contributed by atoms with Crippen LogP contribution in [-0.2, 0) is 10.0 Å². The number of thiazole rings is 1. The molecule has 2 rings (SSSR count). The Labute approximate surface area is 144 Å².